The van der Waals surface area contributed by atoms with Crippen molar-refractivity contribution in [3.05, 3.63) is 84.4 Å². The number of methoxy groups -OCH3 is 1. The molecule has 0 bridgehead atoms. The molecule has 0 aliphatic heterocycles. The van der Waals surface area contributed by atoms with Crippen LogP contribution in [0.25, 0.3) is 0 Å². The third-order valence-electron chi connectivity index (χ3n) is 4.34. The van der Waals surface area contributed by atoms with Gasteiger partial charge in [0.1, 0.15) is 5.75 Å². The van der Waals surface area contributed by atoms with Crippen LogP contribution in [-0.4, -0.2) is 24.2 Å². The Kier molecular flexibility index (Phi) is 7.51. The monoisotopic (exact) mass is 420 g/mol. The van der Waals surface area contributed by atoms with E-state index in [1.165, 1.54) is 11.8 Å². The largest absolute Gasteiger partial charge is 0.497 e. The molecule has 0 heterocycles. The molecule has 1 unspecified atom stereocenters. The zero-order valence-corrected chi connectivity index (χ0v) is 17.7. The topological polar surface area (TPSA) is 67.4 Å². The van der Waals surface area contributed by atoms with Gasteiger partial charge in [-0.2, -0.15) is 0 Å². The first-order valence-corrected chi connectivity index (χ1v) is 10.5. The number of amides is 2. The van der Waals surface area contributed by atoms with Crippen LogP contribution in [0.3, 0.4) is 0 Å². The van der Waals surface area contributed by atoms with E-state index < -0.39 is 0 Å². The fourth-order valence-electron chi connectivity index (χ4n) is 2.84. The molecule has 0 aliphatic rings. The average Bonchev–Trinajstić information content (AvgIpc) is 2.74. The van der Waals surface area contributed by atoms with E-state index in [4.69, 9.17) is 4.74 Å². The van der Waals surface area contributed by atoms with E-state index in [0.29, 0.717) is 23.5 Å². The molecular formula is C24H24N2O3S. The summed E-state index contributed by atoms with van der Waals surface area (Å²) in [6, 6.07) is 24.4. The van der Waals surface area contributed by atoms with Gasteiger partial charge in [0.15, 0.2) is 0 Å². The van der Waals surface area contributed by atoms with Crippen molar-refractivity contribution in [2.75, 3.05) is 17.7 Å². The van der Waals surface area contributed by atoms with E-state index in [-0.39, 0.29) is 17.1 Å². The molecule has 30 heavy (non-hydrogen) atoms. The number of nitrogens with one attached hydrogen (secondary N) is 2. The molecule has 5 nitrogen and oxygen atoms in total. The third kappa shape index (κ3) is 6.39. The number of benzene rings is 3. The number of hydrogen-bond acceptors (Lipinski definition) is 4. The fraction of sp³-hybridized carbons (Fsp3) is 0.167. The summed E-state index contributed by atoms with van der Waals surface area (Å²) in [7, 11) is 1.59. The van der Waals surface area contributed by atoms with Crippen LogP contribution in [0.1, 0.15) is 12.5 Å². The third-order valence-corrected chi connectivity index (χ3v) is 5.44. The summed E-state index contributed by atoms with van der Waals surface area (Å²) in [5, 5.41) is 5.51. The minimum absolute atomic E-state index is 0.0767. The highest BCUT2D eigenvalue weighted by Crippen LogP contribution is 2.27. The Hall–Kier alpha value is -3.25. The maximum atomic E-state index is 12.5. The van der Waals surface area contributed by atoms with Crippen LogP contribution in [-0.2, 0) is 16.0 Å². The zero-order valence-electron chi connectivity index (χ0n) is 16.9. The maximum absolute atomic E-state index is 12.5. The van der Waals surface area contributed by atoms with Crippen molar-refractivity contribution in [2.24, 2.45) is 0 Å². The van der Waals surface area contributed by atoms with E-state index in [2.05, 4.69) is 10.6 Å². The van der Waals surface area contributed by atoms with Gasteiger partial charge in [0.2, 0.25) is 11.8 Å². The molecule has 6 heteroatoms. The highest BCUT2D eigenvalue weighted by Gasteiger charge is 2.15. The predicted molar refractivity (Wildman–Crippen MR) is 122 cm³/mol. The van der Waals surface area contributed by atoms with Crippen LogP contribution in [0, 0.1) is 0 Å². The number of thioether (sulfide) groups is 1. The average molecular weight is 421 g/mol. The quantitative estimate of drug-likeness (QED) is 0.504. The first-order chi connectivity index (χ1) is 14.5. The number of ether oxygens (including phenoxy) is 1. The van der Waals surface area contributed by atoms with E-state index in [1.807, 2.05) is 79.7 Å². The summed E-state index contributed by atoms with van der Waals surface area (Å²) in [4.78, 5) is 25.7. The summed E-state index contributed by atoms with van der Waals surface area (Å²) >= 11 is 1.43. The zero-order chi connectivity index (χ0) is 21.3. The van der Waals surface area contributed by atoms with E-state index in [0.717, 1.165) is 10.5 Å². The summed E-state index contributed by atoms with van der Waals surface area (Å²) in [6.45, 7) is 1.85. The summed E-state index contributed by atoms with van der Waals surface area (Å²) in [5.41, 5.74) is 2.36. The van der Waals surface area contributed by atoms with Crippen LogP contribution in [0.5, 0.6) is 5.75 Å². The molecule has 0 aromatic heterocycles. The molecule has 3 aromatic rings. The molecule has 0 radical (unpaired) electrons. The molecule has 154 valence electrons. The molecule has 3 aromatic carbocycles. The van der Waals surface area contributed by atoms with Crippen molar-refractivity contribution >= 4 is 35.0 Å². The molecular weight excluding hydrogens is 396 g/mol. The Morgan fingerprint density at radius 2 is 1.60 bits per heavy atom. The Bertz CT molecular complexity index is 1010. The SMILES string of the molecule is COc1cccc(NC(=O)C(C)Sc2cccc(NC(=O)Cc3ccccc3)c2)c1. The number of carbonyl (C=O) groups excluding carboxylic acids is 2. The molecule has 1 atom stereocenters. The lowest BCUT2D eigenvalue weighted by molar-refractivity contribution is -0.116. The van der Waals surface area contributed by atoms with E-state index in [1.54, 1.807) is 13.2 Å². The van der Waals surface area contributed by atoms with Crippen LogP contribution in [0.4, 0.5) is 11.4 Å². The van der Waals surface area contributed by atoms with Crippen molar-refractivity contribution in [3.8, 4) is 5.75 Å². The molecule has 0 saturated heterocycles. The minimum Gasteiger partial charge on any atom is -0.497 e. The van der Waals surface area contributed by atoms with Crippen LogP contribution in [0.15, 0.2) is 83.8 Å². The lowest BCUT2D eigenvalue weighted by Crippen LogP contribution is -2.22. The number of hydrogen-bond donors (Lipinski definition) is 2. The first kappa shape index (κ1) is 21.5. The van der Waals surface area contributed by atoms with E-state index >= 15 is 0 Å². The van der Waals surface area contributed by atoms with Crippen molar-refractivity contribution in [1.29, 1.82) is 0 Å². The van der Waals surface area contributed by atoms with E-state index in [9.17, 15) is 9.59 Å². The summed E-state index contributed by atoms with van der Waals surface area (Å²) < 4.78 is 5.18. The number of rotatable bonds is 8. The standard InChI is InChI=1S/C24H24N2O3S/c1-17(24(28)26-19-10-6-12-21(15-19)29-2)30-22-13-7-11-20(16-22)25-23(27)14-18-8-4-3-5-9-18/h3-13,15-17H,14H2,1-2H3,(H,25,27)(H,26,28). The van der Waals surface area contributed by atoms with Crippen LogP contribution in [0.2, 0.25) is 0 Å². The highest BCUT2D eigenvalue weighted by molar-refractivity contribution is 8.00. The molecule has 2 amide bonds. The molecule has 0 fully saturated rings. The predicted octanol–water partition coefficient (Wildman–Crippen LogP) is 5.00. The maximum Gasteiger partial charge on any atom is 0.237 e. The van der Waals surface area contributed by atoms with Gasteiger partial charge in [0.25, 0.3) is 0 Å². The molecule has 0 spiro atoms. The van der Waals surface area contributed by atoms with Gasteiger partial charge in [-0.3, -0.25) is 9.59 Å². The van der Waals surface area contributed by atoms with Gasteiger partial charge in [-0.05, 0) is 42.8 Å². The van der Waals surface area contributed by atoms with Crippen molar-refractivity contribution in [1.82, 2.24) is 0 Å². The van der Waals surface area contributed by atoms with Gasteiger partial charge in [-0.1, -0.05) is 42.5 Å². The smallest absolute Gasteiger partial charge is 0.237 e. The molecule has 2 N–H and O–H groups in total. The fourth-order valence-corrected chi connectivity index (χ4v) is 3.76. The van der Waals surface area contributed by atoms with Crippen LogP contribution < -0.4 is 15.4 Å². The second-order valence-corrected chi connectivity index (χ2v) is 8.13. The lowest BCUT2D eigenvalue weighted by atomic mass is 10.1. The normalized spacial score (nSPS) is 11.4. The lowest BCUT2D eigenvalue weighted by Gasteiger charge is -2.13. The van der Waals surface area contributed by atoms with Crippen molar-refractivity contribution < 1.29 is 14.3 Å². The van der Waals surface area contributed by atoms with Gasteiger partial charge in [0, 0.05) is 22.3 Å². The van der Waals surface area contributed by atoms with Gasteiger partial charge in [-0.15, -0.1) is 11.8 Å². The van der Waals surface area contributed by atoms with Crippen molar-refractivity contribution in [2.45, 2.75) is 23.5 Å². The Morgan fingerprint density at radius 1 is 0.900 bits per heavy atom. The number of anilines is 2. The molecule has 0 saturated carbocycles. The Balaban J connectivity index is 1.57. The van der Waals surface area contributed by atoms with Gasteiger partial charge in [-0.25, -0.2) is 0 Å². The van der Waals surface area contributed by atoms with Crippen molar-refractivity contribution in [3.63, 3.8) is 0 Å². The minimum atomic E-state index is -0.313. The molecule has 3 rings (SSSR count). The second kappa shape index (κ2) is 10.5. The van der Waals surface area contributed by atoms with Gasteiger partial charge in [0.05, 0.1) is 18.8 Å². The number of carbonyl (C=O) groups is 2. The van der Waals surface area contributed by atoms with Gasteiger partial charge >= 0.3 is 0 Å². The highest BCUT2D eigenvalue weighted by atomic mass is 32.2. The van der Waals surface area contributed by atoms with Gasteiger partial charge < -0.3 is 15.4 Å². The first-order valence-electron chi connectivity index (χ1n) is 9.59. The summed E-state index contributed by atoms with van der Waals surface area (Å²) in [6.07, 6.45) is 0.317. The second-order valence-electron chi connectivity index (χ2n) is 6.72. The van der Waals surface area contributed by atoms with Crippen LogP contribution >= 0.6 is 11.8 Å². The summed E-state index contributed by atoms with van der Waals surface area (Å²) in [5.74, 6) is 0.506. The Labute approximate surface area is 180 Å². The Morgan fingerprint density at radius 3 is 2.33 bits per heavy atom. The molecule has 0 aliphatic carbocycles.